The number of aliphatic carboxylic acids is 5. The summed E-state index contributed by atoms with van der Waals surface area (Å²) in [4.78, 5) is 62.4. The van der Waals surface area contributed by atoms with Crippen molar-refractivity contribution in [2.24, 2.45) is 0 Å². The van der Waals surface area contributed by atoms with E-state index in [9.17, 15) is 49.5 Å². The summed E-state index contributed by atoms with van der Waals surface area (Å²) in [6.45, 7) is -2.84. The van der Waals surface area contributed by atoms with Crippen molar-refractivity contribution in [3.63, 3.8) is 0 Å². The number of nitrogens with zero attached hydrogens (tertiary/aromatic N) is 3. The largest absolute Gasteiger partial charge is 0.480 e. The first kappa shape index (κ1) is 31.5. The maximum Gasteiger partial charge on any atom is 0.317 e. The molecule has 216 valence electrons. The molecule has 3 atom stereocenters. The molecule has 14 heteroatoms. The van der Waals surface area contributed by atoms with Crippen LogP contribution in [0.15, 0.2) is 24.3 Å². The van der Waals surface area contributed by atoms with Crippen LogP contribution < -0.4 is 5.73 Å². The third-order valence-electron chi connectivity index (χ3n) is 6.74. The van der Waals surface area contributed by atoms with Crippen LogP contribution in [-0.4, -0.2) is 127 Å². The lowest BCUT2D eigenvalue weighted by Gasteiger charge is -2.45. The molecular weight excluding hydrogens is 516 g/mol. The summed E-state index contributed by atoms with van der Waals surface area (Å²) in [6.07, 6.45) is 2.47. The Morgan fingerprint density at radius 3 is 1.54 bits per heavy atom. The maximum atomic E-state index is 11.9. The van der Waals surface area contributed by atoms with E-state index in [1.54, 1.807) is 29.2 Å². The van der Waals surface area contributed by atoms with E-state index in [0.29, 0.717) is 31.4 Å². The molecule has 1 fully saturated rings. The smallest absolute Gasteiger partial charge is 0.317 e. The minimum absolute atomic E-state index is 0.0492. The van der Waals surface area contributed by atoms with Gasteiger partial charge in [0.2, 0.25) is 0 Å². The van der Waals surface area contributed by atoms with Gasteiger partial charge in [0.25, 0.3) is 0 Å². The van der Waals surface area contributed by atoms with Gasteiger partial charge in [0, 0.05) is 30.4 Å². The van der Waals surface area contributed by atoms with Crippen LogP contribution in [-0.2, 0) is 30.4 Å². The highest BCUT2D eigenvalue weighted by Gasteiger charge is 2.38. The lowest BCUT2D eigenvalue weighted by Crippen LogP contribution is -2.59. The molecule has 2 rings (SSSR count). The van der Waals surface area contributed by atoms with Crippen molar-refractivity contribution in [3.8, 4) is 0 Å². The van der Waals surface area contributed by atoms with E-state index >= 15 is 0 Å². The Morgan fingerprint density at radius 2 is 1.10 bits per heavy atom. The van der Waals surface area contributed by atoms with E-state index in [4.69, 9.17) is 5.73 Å². The third-order valence-corrected chi connectivity index (χ3v) is 6.74. The lowest BCUT2D eigenvalue weighted by molar-refractivity contribution is -0.146. The molecule has 0 aliphatic heterocycles. The minimum Gasteiger partial charge on any atom is -0.480 e. The molecule has 1 saturated carbocycles. The molecular formula is C25H36N4O10. The zero-order chi connectivity index (χ0) is 29.1. The van der Waals surface area contributed by atoms with E-state index in [0.717, 1.165) is 5.56 Å². The van der Waals surface area contributed by atoms with Gasteiger partial charge in [-0.1, -0.05) is 25.0 Å². The number of hydrogen-bond donors (Lipinski definition) is 6. The van der Waals surface area contributed by atoms with Gasteiger partial charge in [-0.15, -0.1) is 0 Å². The van der Waals surface area contributed by atoms with E-state index in [1.165, 1.54) is 9.80 Å². The molecule has 1 aromatic rings. The summed E-state index contributed by atoms with van der Waals surface area (Å²) in [6, 6.07) is 4.83. The van der Waals surface area contributed by atoms with Crippen LogP contribution >= 0.6 is 0 Å². The Labute approximate surface area is 225 Å². The molecule has 3 unspecified atom stereocenters. The van der Waals surface area contributed by atoms with Crippen molar-refractivity contribution in [2.75, 3.05) is 45.0 Å². The van der Waals surface area contributed by atoms with Crippen LogP contribution in [0.25, 0.3) is 0 Å². The average molecular weight is 553 g/mol. The first-order valence-corrected chi connectivity index (χ1v) is 12.5. The standard InChI is InChI=1S/C25H36N4O10/c26-17-7-5-16(6-8-17)9-18(27(11-21(30)31)12-22(32)33)10-28(13-23(34)35)19-3-1-2-4-20(19)29(14-24(36)37)15-25(38)39/h5-8,18-20H,1-4,9-15,26H2,(H,30,31)(H,32,33)(H,34,35)(H,36,37)(H,38,39). The van der Waals surface area contributed by atoms with Crippen molar-refractivity contribution in [3.05, 3.63) is 29.8 Å². The summed E-state index contributed by atoms with van der Waals surface area (Å²) in [7, 11) is 0. The molecule has 7 N–H and O–H groups in total. The molecule has 0 heterocycles. The highest BCUT2D eigenvalue weighted by Crippen LogP contribution is 2.28. The summed E-state index contributed by atoms with van der Waals surface area (Å²) in [5, 5.41) is 47.5. The Morgan fingerprint density at radius 1 is 0.692 bits per heavy atom. The molecule has 14 nitrogen and oxygen atoms in total. The minimum atomic E-state index is -1.26. The number of benzene rings is 1. The number of hydrogen-bond acceptors (Lipinski definition) is 9. The molecule has 1 aromatic carbocycles. The van der Waals surface area contributed by atoms with Crippen molar-refractivity contribution in [1.29, 1.82) is 0 Å². The van der Waals surface area contributed by atoms with Gasteiger partial charge >= 0.3 is 29.8 Å². The molecule has 0 radical (unpaired) electrons. The zero-order valence-corrected chi connectivity index (χ0v) is 21.5. The second-order valence-corrected chi connectivity index (χ2v) is 9.73. The van der Waals surface area contributed by atoms with Crippen LogP contribution in [0.5, 0.6) is 0 Å². The average Bonchev–Trinajstić information content (AvgIpc) is 2.82. The molecule has 1 aliphatic rings. The number of carboxylic acid groups (broad SMARTS) is 5. The number of carboxylic acids is 5. The van der Waals surface area contributed by atoms with Crippen LogP contribution in [0, 0.1) is 0 Å². The van der Waals surface area contributed by atoms with Gasteiger partial charge in [-0.2, -0.15) is 0 Å². The maximum absolute atomic E-state index is 11.9. The lowest BCUT2D eigenvalue weighted by atomic mass is 9.87. The topological polar surface area (TPSA) is 222 Å². The van der Waals surface area contributed by atoms with Gasteiger partial charge in [0.1, 0.15) is 0 Å². The van der Waals surface area contributed by atoms with Gasteiger partial charge in [-0.05, 0) is 37.0 Å². The predicted octanol–water partition coefficient (Wildman–Crippen LogP) is -0.180. The van der Waals surface area contributed by atoms with Gasteiger partial charge < -0.3 is 31.3 Å². The molecule has 0 spiro atoms. The Balaban J connectivity index is 2.48. The summed E-state index contributed by atoms with van der Waals surface area (Å²) in [5.74, 6) is -6.14. The molecule has 0 amide bonds. The predicted molar refractivity (Wildman–Crippen MR) is 137 cm³/mol. The Bertz CT molecular complexity index is 987. The van der Waals surface area contributed by atoms with Crippen LogP contribution in [0.4, 0.5) is 5.69 Å². The van der Waals surface area contributed by atoms with E-state index in [2.05, 4.69) is 0 Å². The number of rotatable bonds is 17. The van der Waals surface area contributed by atoms with E-state index in [-0.39, 0.29) is 13.0 Å². The number of anilines is 1. The highest BCUT2D eigenvalue weighted by atomic mass is 16.4. The van der Waals surface area contributed by atoms with Crippen molar-refractivity contribution >= 4 is 35.5 Å². The van der Waals surface area contributed by atoms with Crippen LogP contribution in [0.1, 0.15) is 31.2 Å². The molecule has 0 bridgehead atoms. The third kappa shape index (κ3) is 10.9. The summed E-state index contributed by atoms with van der Waals surface area (Å²) >= 11 is 0. The molecule has 0 saturated heterocycles. The fourth-order valence-corrected chi connectivity index (χ4v) is 5.24. The quantitative estimate of drug-likeness (QED) is 0.138. The fraction of sp³-hybridized carbons (Fsp3) is 0.560. The number of nitrogen functional groups attached to an aromatic ring is 1. The zero-order valence-electron chi connectivity index (χ0n) is 21.5. The van der Waals surface area contributed by atoms with Crippen molar-refractivity contribution in [1.82, 2.24) is 14.7 Å². The normalized spacial score (nSPS) is 18.2. The van der Waals surface area contributed by atoms with Crippen molar-refractivity contribution < 1.29 is 49.5 Å². The second kappa shape index (κ2) is 15.0. The van der Waals surface area contributed by atoms with E-state index < -0.39 is 80.7 Å². The highest BCUT2D eigenvalue weighted by molar-refractivity contribution is 5.73. The Hall–Kier alpha value is -3.75. The number of carbonyl (C=O) groups is 5. The second-order valence-electron chi connectivity index (χ2n) is 9.73. The summed E-state index contributed by atoms with van der Waals surface area (Å²) < 4.78 is 0. The van der Waals surface area contributed by atoms with Gasteiger partial charge in [-0.25, -0.2) is 0 Å². The van der Waals surface area contributed by atoms with Crippen LogP contribution in [0.2, 0.25) is 0 Å². The molecule has 1 aliphatic carbocycles. The summed E-state index contributed by atoms with van der Waals surface area (Å²) in [5.41, 5.74) is 6.99. The van der Waals surface area contributed by atoms with Crippen molar-refractivity contribution in [2.45, 2.75) is 50.2 Å². The first-order valence-electron chi connectivity index (χ1n) is 12.5. The first-order chi connectivity index (χ1) is 18.3. The fourth-order valence-electron chi connectivity index (χ4n) is 5.24. The monoisotopic (exact) mass is 552 g/mol. The van der Waals surface area contributed by atoms with Gasteiger partial charge in [0.05, 0.1) is 32.7 Å². The van der Waals surface area contributed by atoms with Crippen LogP contribution in [0.3, 0.4) is 0 Å². The molecule has 39 heavy (non-hydrogen) atoms. The Kier molecular flexibility index (Phi) is 12.1. The van der Waals surface area contributed by atoms with Gasteiger partial charge in [0.15, 0.2) is 0 Å². The SMILES string of the molecule is Nc1ccc(CC(CN(CC(=O)O)C2CCCCC2N(CC(=O)O)CC(=O)O)N(CC(=O)O)CC(=O)O)cc1. The van der Waals surface area contributed by atoms with Gasteiger partial charge in [-0.3, -0.25) is 38.7 Å². The van der Waals surface area contributed by atoms with E-state index in [1.807, 2.05) is 0 Å². The number of nitrogens with two attached hydrogens (primary N) is 1. The molecule has 0 aromatic heterocycles.